The number of rotatable bonds is 2. The third-order valence-electron chi connectivity index (χ3n) is 3.15. The number of fused-ring (bicyclic) bond motifs is 1. The van der Waals surface area contributed by atoms with E-state index in [2.05, 4.69) is 20.9 Å². The maximum absolute atomic E-state index is 13.3. The maximum Gasteiger partial charge on any atom is 0.195 e. The van der Waals surface area contributed by atoms with Crippen LogP contribution in [0.4, 0.5) is 10.1 Å². The van der Waals surface area contributed by atoms with Gasteiger partial charge in [0.1, 0.15) is 5.82 Å². The zero-order valence-corrected chi connectivity index (χ0v) is 11.9. The first-order chi connectivity index (χ1) is 9.56. The molecule has 20 heavy (non-hydrogen) atoms. The van der Waals surface area contributed by atoms with Crippen molar-refractivity contribution < 1.29 is 9.18 Å². The van der Waals surface area contributed by atoms with Gasteiger partial charge in [-0.2, -0.15) is 0 Å². The standard InChI is InChI=1S/C15H10BrFN2O/c16-12-3-1-8(5-13(12)18)15(20)11-7-19-14-4-2-9(17)6-10(11)14/h1-7,19H,18H2. The van der Waals surface area contributed by atoms with Crippen LogP contribution in [-0.4, -0.2) is 10.8 Å². The summed E-state index contributed by atoms with van der Waals surface area (Å²) in [7, 11) is 0. The van der Waals surface area contributed by atoms with E-state index in [1.165, 1.54) is 12.1 Å². The summed E-state index contributed by atoms with van der Waals surface area (Å²) < 4.78 is 14.1. The minimum Gasteiger partial charge on any atom is -0.398 e. The molecule has 1 heterocycles. The molecule has 3 nitrogen and oxygen atoms in total. The highest BCUT2D eigenvalue weighted by molar-refractivity contribution is 9.10. The Bertz CT molecular complexity index is 826. The highest BCUT2D eigenvalue weighted by atomic mass is 79.9. The second-order valence-electron chi connectivity index (χ2n) is 4.46. The quantitative estimate of drug-likeness (QED) is 0.552. The normalized spacial score (nSPS) is 10.9. The van der Waals surface area contributed by atoms with Crippen LogP contribution in [0.1, 0.15) is 15.9 Å². The summed E-state index contributed by atoms with van der Waals surface area (Å²) in [6, 6.07) is 9.31. The van der Waals surface area contributed by atoms with E-state index in [0.717, 1.165) is 9.99 Å². The molecule has 0 saturated carbocycles. The number of anilines is 1. The molecule has 1 aromatic heterocycles. The van der Waals surface area contributed by atoms with Crippen LogP contribution in [0.2, 0.25) is 0 Å². The van der Waals surface area contributed by atoms with Crippen molar-refractivity contribution in [3.63, 3.8) is 0 Å². The number of nitrogens with two attached hydrogens (primary N) is 1. The van der Waals surface area contributed by atoms with Gasteiger partial charge >= 0.3 is 0 Å². The van der Waals surface area contributed by atoms with Gasteiger partial charge in [-0.25, -0.2) is 4.39 Å². The molecular weight excluding hydrogens is 323 g/mol. The lowest BCUT2D eigenvalue weighted by atomic mass is 10.0. The first kappa shape index (κ1) is 12.9. The Balaban J connectivity index is 2.12. The van der Waals surface area contributed by atoms with Crippen LogP contribution < -0.4 is 5.73 Å². The Morgan fingerprint density at radius 1 is 1.20 bits per heavy atom. The number of carbonyl (C=O) groups excluding carboxylic acids is 1. The molecule has 0 radical (unpaired) electrons. The molecule has 0 bridgehead atoms. The molecule has 0 amide bonds. The lowest BCUT2D eigenvalue weighted by Gasteiger charge is -2.03. The Morgan fingerprint density at radius 2 is 2.00 bits per heavy atom. The SMILES string of the molecule is Nc1cc(C(=O)c2c[nH]c3ccc(F)cc23)ccc1Br. The molecule has 100 valence electrons. The third-order valence-corrected chi connectivity index (χ3v) is 3.87. The van der Waals surface area contributed by atoms with Crippen molar-refractivity contribution in [1.82, 2.24) is 4.98 Å². The number of ketones is 1. The van der Waals surface area contributed by atoms with Crippen molar-refractivity contribution in [2.45, 2.75) is 0 Å². The van der Waals surface area contributed by atoms with E-state index in [4.69, 9.17) is 5.73 Å². The smallest absolute Gasteiger partial charge is 0.195 e. The van der Waals surface area contributed by atoms with Gasteiger partial charge in [-0.05, 0) is 52.3 Å². The number of nitrogens with one attached hydrogen (secondary N) is 1. The molecule has 0 unspecified atom stereocenters. The molecule has 3 rings (SSSR count). The van der Waals surface area contributed by atoms with Crippen molar-refractivity contribution in [1.29, 1.82) is 0 Å². The van der Waals surface area contributed by atoms with Gasteiger partial charge in [-0.3, -0.25) is 4.79 Å². The zero-order chi connectivity index (χ0) is 14.3. The van der Waals surface area contributed by atoms with Crippen LogP contribution in [0, 0.1) is 5.82 Å². The second-order valence-corrected chi connectivity index (χ2v) is 5.31. The van der Waals surface area contributed by atoms with Gasteiger partial charge in [0.15, 0.2) is 5.78 Å². The molecular formula is C15H10BrFN2O. The lowest BCUT2D eigenvalue weighted by Crippen LogP contribution is -2.01. The van der Waals surface area contributed by atoms with E-state index in [9.17, 15) is 9.18 Å². The predicted molar refractivity (Wildman–Crippen MR) is 80.2 cm³/mol. The van der Waals surface area contributed by atoms with Crippen LogP contribution >= 0.6 is 15.9 Å². The van der Waals surface area contributed by atoms with Crippen molar-refractivity contribution in [2.24, 2.45) is 0 Å². The first-order valence-electron chi connectivity index (χ1n) is 5.92. The zero-order valence-electron chi connectivity index (χ0n) is 10.3. The van der Waals surface area contributed by atoms with Gasteiger partial charge < -0.3 is 10.7 Å². The largest absolute Gasteiger partial charge is 0.398 e. The number of H-pyrrole nitrogens is 1. The number of nitrogen functional groups attached to an aromatic ring is 1. The van der Waals surface area contributed by atoms with E-state index in [1.807, 2.05) is 0 Å². The Morgan fingerprint density at radius 3 is 2.75 bits per heavy atom. The summed E-state index contributed by atoms with van der Waals surface area (Å²) in [5.74, 6) is -0.567. The van der Waals surface area contributed by atoms with Gasteiger partial charge in [-0.1, -0.05) is 0 Å². The van der Waals surface area contributed by atoms with Crippen molar-refractivity contribution in [3.05, 3.63) is 64.0 Å². The third kappa shape index (κ3) is 2.10. The monoisotopic (exact) mass is 332 g/mol. The highest BCUT2D eigenvalue weighted by Crippen LogP contribution is 2.25. The Labute approximate surface area is 122 Å². The average molecular weight is 333 g/mol. The van der Waals surface area contributed by atoms with Crippen LogP contribution in [0.15, 0.2) is 47.1 Å². The molecule has 5 heteroatoms. The Hall–Kier alpha value is -2.14. The van der Waals surface area contributed by atoms with E-state index >= 15 is 0 Å². The van der Waals surface area contributed by atoms with E-state index < -0.39 is 0 Å². The molecule has 3 N–H and O–H groups in total. The Kier molecular flexibility index (Phi) is 3.06. The number of benzene rings is 2. The van der Waals surface area contributed by atoms with Gasteiger partial charge in [0.05, 0.1) is 0 Å². The van der Waals surface area contributed by atoms with Crippen LogP contribution in [0.3, 0.4) is 0 Å². The van der Waals surface area contributed by atoms with Crippen molar-refractivity contribution >= 4 is 38.3 Å². The topological polar surface area (TPSA) is 58.9 Å². The minimum atomic E-state index is -0.374. The van der Waals surface area contributed by atoms with E-state index in [0.29, 0.717) is 22.2 Å². The van der Waals surface area contributed by atoms with E-state index in [-0.39, 0.29) is 11.6 Å². The summed E-state index contributed by atoms with van der Waals surface area (Å²) in [5, 5.41) is 0.566. The van der Waals surface area contributed by atoms with Gasteiger partial charge in [0.25, 0.3) is 0 Å². The summed E-state index contributed by atoms with van der Waals surface area (Å²) in [4.78, 5) is 15.4. The number of hydrogen-bond acceptors (Lipinski definition) is 2. The number of halogens is 2. The average Bonchev–Trinajstić information content (AvgIpc) is 2.84. The fourth-order valence-corrected chi connectivity index (χ4v) is 2.37. The molecule has 0 aliphatic heterocycles. The molecule has 2 aromatic carbocycles. The number of hydrogen-bond donors (Lipinski definition) is 2. The lowest BCUT2D eigenvalue weighted by molar-refractivity contribution is 0.104. The molecule has 3 aromatic rings. The highest BCUT2D eigenvalue weighted by Gasteiger charge is 2.15. The number of aromatic nitrogens is 1. The summed E-state index contributed by atoms with van der Waals surface area (Å²) in [6.07, 6.45) is 1.59. The fourth-order valence-electron chi connectivity index (χ4n) is 2.12. The molecule has 0 aliphatic carbocycles. The van der Waals surface area contributed by atoms with Crippen LogP contribution in [0.5, 0.6) is 0 Å². The molecule has 0 aliphatic rings. The summed E-state index contributed by atoms with van der Waals surface area (Å²) >= 11 is 3.28. The van der Waals surface area contributed by atoms with Crippen molar-refractivity contribution in [2.75, 3.05) is 5.73 Å². The summed E-state index contributed by atoms with van der Waals surface area (Å²) in [6.45, 7) is 0. The van der Waals surface area contributed by atoms with Crippen LogP contribution in [0.25, 0.3) is 10.9 Å². The number of aromatic amines is 1. The number of carbonyl (C=O) groups is 1. The van der Waals surface area contributed by atoms with Crippen molar-refractivity contribution in [3.8, 4) is 0 Å². The van der Waals surface area contributed by atoms with Gasteiger partial charge in [0.2, 0.25) is 0 Å². The fraction of sp³-hybridized carbons (Fsp3) is 0. The first-order valence-corrected chi connectivity index (χ1v) is 6.72. The maximum atomic E-state index is 13.3. The minimum absolute atomic E-state index is 0.193. The molecule has 0 spiro atoms. The predicted octanol–water partition coefficient (Wildman–Crippen LogP) is 3.88. The van der Waals surface area contributed by atoms with Crippen LogP contribution in [-0.2, 0) is 0 Å². The van der Waals surface area contributed by atoms with Gasteiger partial charge in [-0.15, -0.1) is 0 Å². The molecule has 0 saturated heterocycles. The molecule has 0 fully saturated rings. The second kappa shape index (κ2) is 4.76. The van der Waals surface area contributed by atoms with Gasteiger partial charge in [0, 0.05) is 38.4 Å². The molecule has 0 atom stereocenters. The summed E-state index contributed by atoms with van der Waals surface area (Å²) in [5.41, 5.74) is 7.89. The van der Waals surface area contributed by atoms with E-state index in [1.54, 1.807) is 30.5 Å².